The Balaban J connectivity index is 0.00000106. The molecule has 3 aliphatic rings. The van der Waals surface area contributed by atoms with E-state index in [1.54, 1.807) is 0 Å². The summed E-state index contributed by atoms with van der Waals surface area (Å²) < 4.78 is 18.1. The Morgan fingerprint density at radius 3 is 1.94 bits per heavy atom. The molecule has 0 saturated carbocycles. The summed E-state index contributed by atoms with van der Waals surface area (Å²) in [6.07, 6.45) is 19.1. The molecule has 0 bridgehead atoms. The van der Waals surface area contributed by atoms with Gasteiger partial charge in [0.15, 0.2) is 12.1 Å². The Kier molecular flexibility index (Phi) is 16.1. The van der Waals surface area contributed by atoms with Crippen LogP contribution >= 0.6 is 0 Å². The molecule has 36 heavy (non-hydrogen) atoms. The van der Waals surface area contributed by atoms with Crippen LogP contribution in [0.4, 0.5) is 0 Å². The Morgan fingerprint density at radius 2 is 1.33 bits per heavy atom. The molecule has 6 nitrogen and oxygen atoms in total. The highest BCUT2D eigenvalue weighted by Crippen LogP contribution is 2.45. The number of aliphatic hydroxyl groups is 3. The number of rotatable bonds is 15. The topological polar surface area (TPSA) is 88.4 Å². The fourth-order valence-electron chi connectivity index (χ4n) is 5.76. The second-order valence-electron chi connectivity index (χ2n) is 11.5. The average Bonchev–Trinajstić information content (AvgIpc) is 3.17. The number of aliphatic hydroxyl groups excluding tert-OH is 3. The largest absolute Gasteiger partial charge is 0.393 e. The Bertz CT molecular complexity index is 544. The van der Waals surface area contributed by atoms with Gasteiger partial charge >= 0.3 is 0 Å². The number of ether oxygens (including phenoxy) is 3. The minimum absolute atomic E-state index is 0.0781. The maximum Gasteiger partial charge on any atom is 0.174 e. The minimum atomic E-state index is -0.835. The van der Waals surface area contributed by atoms with Gasteiger partial charge in [-0.15, -0.1) is 0 Å². The van der Waals surface area contributed by atoms with Crippen molar-refractivity contribution in [1.82, 2.24) is 0 Å². The monoisotopic (exact) mass is 514 g/mol. The highest BCUT2D eigenvalue weighted by atomic mass is 16.7. The van der Waals surface area contributed by atoms with Crippen LogP contribution in [0.15, 0.2) is 0 Å². The predicted octanol–water partition coefficient (Wildman–Crippen LogP) is 6.77. The molecule has 0 amide bonds. The first kappa shape index (κ1) is 32.0. The predicted molar refractivity (Wildman–Crippen MR) is 145 cm³/mol. The van der Waals surface area contributed by atoms with Crippen molar-refractivity contribution in [3.05, 3.63) is 0 Å². The zero-order chi connectivity index (χ0) is 26.2. The van der Waals surface area contributed by atoms with Crippen molar-refractivity contribution in [3.63, 3.8) is 0 Å². The van der Waals surface area contributed by atoms with Gasteiger partial charge in [-0.05, 0) is 25.7 Å². The lowest BCUT2D eigenvalue weighted by molar-refractivity contribution is -0.291. The fraction of sp³-hybridized carbons (Fsp3) is 1.00. The van der Waals surface area contributed by atoms with Crippen LogP contribution in [-0.4, -0.2) is 57.9 Å². The Labute approximate surface area is 221 Å². The molecule has 3 rings (SSSR count). The maximum absolute atomic E-state index is 10.5. The van der Waals surface area contributed by atoms with Crippen molar-refractivity contribution in [2.75, 3.05) is 0 Å². The van der Waals surface area contributed by atoms with Crippen molar-refractivity contribution in [2.45, 2.75) is 192 Å². The summed E-state index contributed by atoms with van der Waals surface area (Å²) in [6.45, 7) is 6.62. The van der Waals surface area contributed by atoms with Crippen LogP contribution in [0.25, 0.3) is 0 Å². The third-order valence-electron chi connectivity index (χ3n) is 7.96. The van der Waals surface area contributed by atoms with Crippen molar-refractivity contribution < 1.29 is 29.5 Å². The van der Waals surface area contributed by atoms with Gasteiger partial charge in [-0.2, -0.15) is 0 Å². The molecule has 0 aromatic carbocycles. The van der Waals surface area contributed by atoms with Crippen LogP contribution in [0.2, 0.25) is 0 Å². The van der Waals surface area contributed by atoms with Crippen LogP contribution in [0, 0.1) is 0 Å². The third kappa shape index (κ3) is 12.1. The lowest BCUT2D eigenvalue weighted by Gasteiger charge is -2.41. The molecule has 1 spiro atoms. The summed E-state index contributed by atoms with van der Waals surface area (Å²) in [4.78, 5) is 0. The summed E-state index contributed by atoms with van der Waals surface area (Å²) in [5.74, 6) is -0.835. The van der Waals surface area contributed by atoms with Gasteiger partial charge in [0.2, 0.25) is 0 Å². The van der Waals surface area contributed by atoms with Crippen LogP contribution in [0.5, 0.6) is 0 Å². The highest BCUT2D eigenvalue weighted by molar-refractivity contribution is 4.96. The molecule has 7 atom stereocenters. The lowest BCUT2D eigenvalue weighted by atomic mass is 9.91. The molecule has 6 heteroatoms. The Hall–Kier alpha value is -0.240. The van der Waals surface area contributed by atoms with E-state index in [2.05, 4.69) is 20.8 Å². The van der Waals surface area contributed by atoms with Crippen molar-refractivity contribution in [3.8, 4) is 0 Å². The van der Waals surface area contributed by atoms with Gasteiger partial charge in [0.05, 0.1) is 30.5 Å². The van der Waals surface area contributed by atoms with E-state index >= 15 is 0 Å². The molecule has 7 unspecified atom stereocenters. The molecule has 3 saturated heterocycles. The first-order chi connectivity index (χ1) is 17.4. The SMILES string of the molecule is CCCC.CCCCCCCCCCCCCC(O)CC1CC(O)CC2(CC3OC(O)CCC3O2)O1. The first-order valence-electron chi connectivity index (χ1n) is 15.5. The summed E-state index contributed by atoms with van der Waals surface area (Å²) in [6, 6.07) is 0. The summed E-state index contributed by atoms with van der Waals surface area (Å²) >= 11 is 0. The quantitative estimate of drug-likeness (QED) is 0.209. The van der Waals surface area contributed by atoms with Gasteiger partial charge in [-0.1, -0.05) is 104 Å². The number of fused-ring (bicyclic) bond motifs is 1. The summed E-state index contributed by atoms with van der Waals surface area (Å²) in [5, 5.41) is 30.8. The van der Waals surface area contributed by atoms with Crippen LogP contribution < -0.4 is 0 Å². The van der Waals surface area contributed by atoms with E-state index in [9.17, 15) is 15.3 Å². The van der Waals surface area contributed by atoms with Gasteiger partial charge in [0.25, 0.3) is 0 Å². The molecular formula is C30H58O6. The van der Waals surface area contributed by atoms with E-state index in [4.69, 9.17) is 14.2 Å². The smallest absolute Gasteiger partial charge is 0.174 e. The molecular weight excluding hydrogens is 456 g/mol. The second-order valence-corrected chi connectivity index (χ2v) is 11.5. The summed E-state index contributed by atoms with van der Waals surface area (Å²) in [7, 11) is 0. The van der Waals surface area contributed by atoms with E-state index in [1.807, 2.05) is 0 Å². The van der Waals surface area contributed by atoms with Crippen molar-refractivity contribution >= 4 is 0 Å². The van der Waals surface area contributed by atoms with E-state index in [1.165, 1.54) is 77.0 Å². The first-order valence-corrected chi connectivity index (χ1v) is 15.5. The molecule has 3 aliphatic heterocycles. The molecule has 3 N–H and O–H groups in total. The van der Waals surface area contributed by atoms with Gasteiger partial charge < -0.3 is 29.5 Å². The normalized spacial score (nSPS) is 32.7. The molecule has 3 fully saturated rings. The molecule has 0 aromatic heterocycles. The molecule has 0 aliphatic carbocycles. The van der Waals surface area contributed by atoms with Gasteiger partial charge in [0.1, 0.15) is 0 Å². The van der Waals surface area contributed by atoms with E-state index in [-0.39, 0.29) is 18.3 Å². The summed E-state index contributed by atoms with van der Waals surface area (Å²) in [5.41, 5.74) is 0. The average molecular weight is 515 g/mol. The third-order valence-corrected chi connectivity index (χ3v) is 7.96. The Morgan fingerprint density at radius 1 is 0.722 bits per heavy atom. The van der Waals surface area contributed by atoms with E-state index in [0.29, 0.717) is 32.1 Å². The van der Waals surface area contributed by atoms with E-state index in [0.717, 1.165) is 19.3 Å². The molecule has 214 valence electrons. The molecule has 0 aromatic rings. The zero-order valence-electron chi connectivity index (χ0n) is 23.7. The van der Waals surface area contributed by atoms with Crippen molar-refractivity contribution in [1.29, 1.82) is 0 Å². The number of hydrogen-bond donors (Lipinski definition) is 3. The second kappa shape index (κ2) is 18.1. The fourth-order valence-corrected chi connectivity index (χ4v) is 5.76. The zero-order valence-corrected chi connectivity index (χ0v) is 23.7. The molecule has 0 radical (unpaired) electrons. The van der Waals surface area contributed by atoms with Crippen LogP contribution in [0.1, 0.15) is 149 Å². The van der Waals surface area contributed by atoms with Crippen LogP contribution in [-0.2, 0) is 14.2 Å². The minimum Gasteiger partial charge on any atom is -0.393 e. The van der Waals surface area contributed by atoms with Crippen LogP contribution in [0.3, 0.4) is 0 Å². The van der Waals surface area contributed by atoms with Gasteiger partial charge in [-0.3, -0.25) is 0 Å². The number of unbranched alkanes of at least 4 members (excludes halogenated alkanes) is 11. The maximum atomic E-state index is 10.5. The van der Waals surface area contributed by atoms with E-state index < -0.39 is 24.3 Å². The van der Waals surface area contributed by atoms with Gasteiger partial charge in [-0.25, -0.2) is 0 Å². The standard InChI is InChI=1S/C26H48O6.C4H10/c1-2-3-4-5-6-7-8-9-10-11-12-13-20(27)16-22-17-21(28)18-26(31-22)19-24-23(32-26)14-15-25(29)30-24;1-3-4-2/h20-25,27-29H,2-19H2,1H3;3-4H2,1-2H3. The molecule has 3 heterocycles. The lowest BCUT2D eigenvalue weighted by Crippen LogP contribution is -2.47. The van der Waals surface area contributed by atoms with Gasteiger partial charge in [0, 0.05) is 19.3 Å². The van der Waals surface area contributed by atoms with Crippen molar-refractivity contribution in [2.24, 2.45) is 0 Å². The highest BCUT2D eigenvalue weighted by Gasteiger charge is 2.54. The number of hydrogen-bond acceptors (Lipinski definition) is 6.